The van der Waals surface area contributed by atoms with Gasteiger partial charge in [0.05, 0.1) is 7.11 Å². The summed E-state index contributed by atoms with van der Waals surface area (Å²) in [7, 11) is 1.33. The Bertz CT molecular complexity index is 300. The van der Waals surface area contributed by atoms with Crippen molar-refractivity contribution in [3.63, 3.8) is 0 Å². The van der Waals surface area contributed by atoms with Gasteiger partial charge in [-0.05, 0) is 25.2 Å². The van der Waals surface area contributed by atoms with Crippen LogP contribution in [0.25, 0.3) is 0 Å². The third-order valence-corrected chi connectivity index (χ3v) is 3.95. The number of amides is 1. The third kappa shape index (κ3) is 4.82. The van der Waals surface area contributed by atoms with Crippen LogP contribution >= 0.6 is 0 Å². The number of ether oxygens (including phenoxy) is 2. The summed E-state index contributed by atoms with van der Waals surface area (Å²) in [5.41, 5.74) is 0. The number of methoxy groups -OCH3 is 1. The van der Waals surface area contributed by atoms with E-state index in [0.29, 0.717) is 25.7 Å². The third-order valence-electron chi connectivity index (χ3n) is 3.95. The zero-order valence-electron chi connectivity index (χ0n) is 12.1. The summed E-state index contributed by atoms with van der Waals surface area (Å²) < 4.78 is 9.91. The maximum absolute atomic E-state index is 12.4. The lowest BCUT2D eigenvalue weighted by atomic mass is 9.79. The van der Waals surface area contributed by atoms with Crippen molar-refractivity contribution < 1.29 is 19.1 Å². The summed E-state index contributed by atoms with van der Waals surface area (Å²) in [5, 5.41) is 2.67. The van der Waals surface area contributed by atoms with Gasteiger partial charge in [-0.3, -0.25) is 4.79 Å². The number of carbonyl (C=O) groups excluding carboxylic acids is 2. The standard InChI is InChI=1S/C14H25NO4/c1-4-10(2)13(16)12(9-15-14(17)18-3)11-5-7-19-8-6-11/h10-12H,4-9H2,1-3H3,(H,15,17). The van der Waals surface area contributed by atoms with Crippen molar-refractivity contribution in [2.75, 3.05) is 26.9 Å². The van der Waals surface area contributed by atoms with Gasteiger partial charge in [0.25, 0.3) is 0 Å². The predicted octanol–water partition coefficient (Wildman–Crippen LogP) is 2.00. The van der Waals surface area contributed by atoms with Crippen molar-refractivity contribution in [2.24, 2.45) is 17.8 Å². The van der Waals surface area contributed by atoms with Crippen LogP contribution in [0, 0.1) is 17.8 Å². The maximum atomic E-state index is 12.4. The normalized spacial score (nSPS) is 19.5. The summed E-state index contributed by atoms with van der Waals surface area (Å²) in [6.07, 6.45) is 2.12. The van der Waals surface area contributed by atoms with Crippen molar-refractivity contribution >= 4 is 11.9 Å². The number of alkyl carbamates (subject to hydrolysis) is 1. The van der Waals surface area contributed by atoms with Gasteiger partial charge in [-0.1, -0.05) is 13.8 Å². The second kappa shape index (κ2) is 8.15. The Hall–Kier alpha value is -1.10. The highest BCUT2D eigenvalue weighted by Gasteiger charge is 2.32. The van der Waals surface area contributed by atoms with Crippen LogP contribution in [0.4, 0.5) is 4.79 Å². The number of nitrogens with one attached hydrogen (secondary N) is 1. The molecule has 1 heterocycles. The van der Waals surface area contributed by atoms with Crippen molar-refractivity contribution in [3.05, 3.63) is 0 Å². The van der Waals surface area contributed by atoms with Gasteiger partial charge >= 0.3 is 6.09 Å². The molecule has 0 saturated carbocycles. The van der Waals surface area contributed by atoms with Crippen molar-refractivity contribution in [2.45, 2.75) is 33.1 Å². The fourth-order valence-corrected chi connectivity index (χ4v) is 2.45. The van der Waals surface area contributed by atoms with E-state index in [1.165, 1.54) is 7.11 Å². The molecule has 110 valence electrons. The Morgan fingerprint density at radius 2 is 2.00 bits per heavy atom. The van der Waals surface area contributed by atoms with Crippen LogP contribution in [0.5, 0.6) is 0 Å². The van der Waals surface area contributed by atoms with Crippen molar-refractivity contribution in [3.8, 4) is 0 Å². The number of ketones is 1. The van der Waals surface area contributed by atoms with E-state index in [4.69, 9.17) is 4.74 Å². The lowest BCUT2D eigenvalue weighted by Gasteiger charge is -2.30. The molecule has 1 aliphatic rings. The smallest absolute Gasteiger partial charge is 0.406 e. The summed E-state index contributed by atoms with van der Waals surface area (Å²) in [4.78, 5) is 23.6. The van der Waals surface area contributed by atoms with Crippen LogP contribution in [-0.2, 0) is 14.3 Å². The monoisotopic (exact) mass is 271 g/mol. The molecule has 1 N–H and O–H groups in total. The molecule has 0 spiro atoms. The second-order valence-corrected chi connectivity index (χ2v) is 5.14. The molecule has 5 heteroatoms. The largest absolute Gasteiger partial charge is 0.453 e. The highest BCUT2D eigenvalue weighted by Crippen LogP contribution is 2.27. The number of Topliss-reactive ketones (excluding diaryl/α,β-unsaturated/α-hetero) is 1. The van der Waals surface area contributed by atoms with Gasteiger partial charge in [-0.2, -0.15) is 0 Å². The van der Waals surface area contributed by atoms with Gasteiger partial charge < -0.3 is 14.8 Å². The van der Waals surface area contributed by atoms with Gasteiger partial charge in [0, 0.05) is 31.6 Å². The van der Waals surface area contributed by atoms with E-state index in [1.807, 2.05) is 13.8 Å². The quantitative estimate of drug-likeness (QED) is 0.802. The van der Waals surface area contributed by atoms with Gasteiger partial charge in [-0.15, -0.1) is 0 Å². The molecule has 19 heavy (non-hydrogen) atoms. The molecule has 0 bridgehead atoms. The first-order valence-corrected chi connectivity index (χ1v) is 7.03. The first-order chi connectivity index (χ1) is 9.10. The average Bonchev–Trinajstić information content (AvgIpc) is 2.47. The van der Waals surface area contributed by atoms with Crippen LogP contribution in [0.1, 0.15) is 33.1 Å². The summed E-state index contributed by atoms with van der Waals surface area (Å²) in [6, 6.07) is 0. The minimum absolute atomic E-state index is 0.0345. The molecule has 0 aliphatic carbocycles. The fraction of sp³-hybridized carbons (Fsp3) is 0.857. The Morgan fingerprint density at radius 3 is 2.53 bits per heavy atom. The molecule has 1 fully saturated rings. The molecule has 2 unspecified atom stereocenters. The van der Waals surface area contributed by atoms with Crippen molar-refractivity contribution in [1.29, 1.82) is 0 Å². The van der Waals surface area contributed by atoms with E-state index >= 15 is 0 Å². The van der Waals surface area contributed by atoms with Gasteiger partial charge in [0.15, 0.2) is 0 Å². The van der Waals surface area contributed by atoms with Crippen LogP contribution < -0.4 is 5.32 Å². The molecule has 0 aromatic heterocycles. The number of rotatable bonds is 6. The van der Waals surface area contributed by atoms with E-state index in [1.54, 1.807) is 0 Å². The van der Waals surface area contributed by atoms with Crippen LogP contribution in [0.3, 0.4) is 0 Å². The Labute approximate surface area is 115 Å². The first-order valence-electron chi connectivity index (χ1n) is 7.03. The first kappa shape index (κ1) is 16.0. The topological polar surface area (TPSA) is 64.6 Å². The second-order valence-electron chi connectivity index (χ2n) is 5.14. The molecule has 1 saturated heterocycles. The Kier molecular flexibility index (Phi) is 6.84. The van der Waals surface area contributed by atoms with Crippen LogP contribution in [-0.4, -0.2) is 38.7 Å². The van der Waals surface area contributed by atoms with Gasteiger partial charge in [0.2, 0.25) is 0 Å². The summed E-state index contributed by atoms with van der Waals surface area (Å²) >= 11 is 0. The SMILES string of the molecule is CCC(C)C(=O)C(CNC(=O)OC)C1CCOCC1. The summed E-state index contributed by atoms with van der Waals surface area (Å²) in [5.74, 6) is 0.448. The molecular weight excluding hydrogens is 246 g/mol. The molecule has 2 atom stereocenters. The molecular formula is C14H25NO4. The Morgan fingerprint density at radius 1 is 1.37 bits per heavy atom. The van der Waals surface area contributed by atoms with Gasteiger partial charge in [0.1, 0.15) is 5.78 Å². The van der Waals surface area contributed by atoms with E-state index in [9.17, 15) is 9.59 Å². The van der Waals surface area contributed by atoms with Gasteiger partial charge in [-0.25, -0.2) is 4.79 Å². The van der Waals surface area contributed by atoms with E-state index < -0.39 is 6.09 Å². The highest BCUT2D eigenvalue weighted by atomic mass is 16.5. The molecule has 1 aliphatic heterocycles. The lowest BCUT2D eigenvalue weighted by Crippen LogP contribution is -2.40. The van der Waals surface area contributed by atoms with Crippen LogP contribution in [0.2, 0.25) is 0 Å². The predicted molar refractivity (Wildman–Crippen MR) is 71.9 cm³/mol. The lowest BCUT2D eigenvalue weighted by molar-refractivity contribution is -0.129. The molecule has 1 amide bonds. The Balaban J connectivity index is 2.65. The van der Waals surface area contributed by atoms with Crippen LogP contribution in [0.15, 0.2) is 0 Å². The highest BCUT2D eigenvalue weighted by molar-refractivity contribution is 5.84. The molecule has 0 radical (unpaired) electrons. The number of hydrogen-bond donors (Lipinski definition) is 1. The van der Waals surface area contributed by atoms with E-state index in [-0.39, 0.29) is 17.6 Å². The molecule has 0 aromatic rings. The minimum atomic E-state index is -0.478. The average molecular weight is 271 g/mol. The van der Waals surface area contributed by atoms with E-state index in [2.05, 4.69) is 10.1 Å². The molecule has 5 nitrogen and oxygen atoms in total. The van der Waals surface area contributed by atoms with Crippen molar-refractivity contribution in [1.82, 2.24) is 5.32 Å². The zero-order chi connectivity index (χ0) is 14.3. The summed E-state index contributed by atoms with van der Waals surface area (Å²) in [6.45, 7) is 5.73. The number of hydrogen-bond acceptors (Lipinski definition) is 4. The van der Waals surface area contributed by atoms with E-state index in [0.717, 1.165) is 19.3 Å². The number of carbonyl (C=O) groups is 2. The zero-order valence-corrected chi connectivity index (χ0v) is 12.1. The molecule has 0 aromatic carbocycles. The molecule has 1 rings (SSSR count). The maximum Gasteiger partial charge on any atom is 0.406 e. The fourth-order valence-electron chi connectivity index (χ4n) is 2.45. The minimum Gasteiger partial charge on any atom is -0.453 e.